The van der Waals surface area contributed by atoms with Gasteiger partial charge in [-0.1, -0.05) is 23.7 Å². The number of hydrogen-bond acceptors (Lipinski definition) is 10. The summed E-state index contributed by atoms with van der Waals surface area (Å²) in [6, 6.07) is 7.33. The van der Waals surface area contributed by atoms with Gasteiger partial charge in [-0.3, -0.25) is 9.59 Å². The maximum atomic E-state index is 14.2. The number of ether oxygens (including phenoxy) is 3. The normalized spacial score (nSPS) is 23.8. The van der Waals surface area contributed by atoms with Crippen LogP contribution in [0.3, 0.4) is 0 Å². The first-order valence-corrected chi connectivity index (χ1v) is 12.6. The Morgan fingerprint density at radius 3 is 2.51 bits per heavy atom. The Morgan fingerprint density at radius 1 is 1.20 bits per heavy atom. The third-order valence-electron chi connectivity index (χ3n) is 6.29. The lowest BCUT2D eigenvalue weighted by atomic mass is 9.88. The fourth-order valence-electron chi connectivity index (χ4n) is 4.16. The molecule has 2 aromatic carbocycles. The minimum Gasteiger partial charge on any atom is -0.544 e. The highest BCUT2D eigenvalue weighted by Crippen LogP contribution is 2.34. The molecule has 15 heteroatoms. The van der Waals surface area contributed by atoms with E-state index in [1.165, 1.54) is 31.4 Å². The highest BCUT2D eigenvalue weighted by molar-refractivity contribution is 6.30. The first-order valence-electron chi connectivity index (χ1n) is 12.2. The molecule has 0 aliphatic carbocycles. The van der Waals surface area contributed by atoms with Crippen molar-refractivity contribution >= 4 is 29.4 Å². The second-order valence-corrected chi connectivity index (χ2v) is 9.63. The van der Waals surface area contributed by atoms with Crippen molar-refractivity contribution in [1.82, 2.24) is 10.6 Å². The Bertz CT molecular complexity index is 1240. The van der Waals surface area contributed by atoms with Gasteiger partial charge in [0.2, 0.25) is 11.7 Å². The van der Waals surface area contributed by atoms with Crippen LogP contribution < -0.4 is 15.7 Å². The minimum absolute atomic E-state index is 0.180. The van der Waals surface area contributed by atoms with Crippen LogP contribution in [0.4, 0.5) is 8.78 Å². The van der Waals surface area contributed by atoms with Crippen LogP contribution in [0, 0.1) is 11.6 Å². The number of hydrogen-bond donors (Lipinski definition) is 5. The van der Waals surface area contributed by atoms with Gasteiger partial charge in [0.1, 0.15) is 24.8 Å². The quantitative estimate of drug-likeness (QED) is 0.202. The number of aliphatic hydroxyl groups is 3. The van der Waals surface area contributed by atoms with Gasteiger partial charge in [-0.15, -0.1) is 0 Å². The van der Waals surface area contributed by atoms with E-state index in [0.717, 1.165) is 18.2 Å². The molecule has 1 aliphatic heterocycles. The number of amides is 2. The SMILES string of the molecule is COCC(=O)N[C@@H]1[C@@H]([C@@H](O)[C@H](O)CNC(=O)c2ccc(Cl)cc2)O[C@@](OCc2cccc(F)c2F)(C(=O)[O-])C[C@H]1O. The Kier molecular flexibility index (Phi) is 11.1. The van der Waals surface area contributed by atoms with Gasteiger partial charge < -0.3 is 50.1 Å². The van der Waals surface area contributed by atoms with Crippen molar-refractivity contribution in [2.24, 2.45) is 0 Å². The number of aliphatic carboxylic acids is 1. The number of carboxylic acid groups (broad SMARTS) is 1. The molecule has 0 saturated carbocycles. The first kappa shape index (κ1) is 32.3. The highest BCUT2D eigenvalue weighted by Gasteiger charge is 2.52. The van der Waals surface area contributed by atoms with Crippen LogP contribution in [-0.2, 0) is 30.4 Å². The van der Waals surface area contributed by atoms with Gasteiger partial charge in [-0.25, -0.2) is 8.78 Å². The maximum Gasteiger partial charge on any atom is 0.251 e. The van der Waals surface area contributed by atoms with Crippen molar-refractivity contribution in [3.05, 3.63) is 70.2 Å². The summed E-state index contributed by atoms with van der Waals surface area (Å²) in [5.74, 6) is -8.85. The van der Waals surface area contributed by atoms with E-state index in [9.17, 15) is 43.6 Å². The van der Waals surface area contributed by atoms with Crippen LogP contribution in [-0.4, -0.2) is 89.6 Å². The Morgan fingerprint density at radius 2 is 1.88 bits per heavy atom. The van der Waals surface area contributed by atoms with Crippen molar-refractivity contribution in [3.8, 4) is 0 Å². The predicted octanol–water partition coefficient (Wildman–Crippen LogP) is -0.986. The second kappa shape index (κ2) is 14.1. The fraction of sp³-hybridized carbons (Fsp3) is 0.423. The molecule has 0 bridgehead atoms. The fourth-order valence-corrected chi connectivity index (χ4v) is 4.29. The van der Waals surface area contributed by atoms with Crippen LogP contribution >= 0.6 is 11.6 Å². The van der Waals surface area contributed by atoms with Gasteiger partial charge in [-0.2, -0.15) is 0 Å². The van der Waals surface area contributed by atoms with E-state index in [4.69, 9.17) is 25.8 Å². The Hall–Kier alpha value is -3.24. The summed E-state index contributed by atoms with van der Waals surface area (Å²) in [5.41, 5.74) is -0.208. The molecule has 0 spiro atoms. The minimum atomic E-state index is -2.83. The average Bonchev–Trinajstić information content (AvgIpc) is 2.93. The number of aliphatic hydroxyl groups excluding tert-OH is 3. The number of benzene rings is 2. The van der Waals surface area contributed by atoms with Crippen LogP contribution in [0.2, 0.25) is 5.02 Å². The van der Waals surface area contributed by atoms with Gasteiger partial charge in [0.05, 0.1) is 24.9 Å². The molecule has 0 radical (unpaired) electrons. The number of carbonyl (C=O) groups is 3. The summed E-state index contributed by atoms with van der Waals surface area (Å²) >= 11 is 5.80. The summed E-state index contributed by atoms with van der Waals surface area (Å²) in [6.07, 6.45) is -8.41. The van der Waals surface area contributed by atoms with Crippen LogP contribution in [0.5, 0.6) is 0 Å². The maximum absolute atomic E-state index is 14.2. The number of carboxylic acids is 1. The van der Waals surface area contributed by atoms with E-state index in [0.29, 0.717) is 5.02 Å². The lowest BCUT2D eigenvalue weighted by Gasteiger charge is -2.49. The topological polar surface area (TPSA) is 187 Å². The van der Waals surface area contributed by atoms with Crippen LogP contribution in [0.25, 0.3) is 0 Å². The molecule has 5 N–H and O–H groups in total. The van der Waals surface area contributed by atoms with Crippen molar-refractivity contribution in [3.63, 3.8) is 0 Å². The van der Waals surface area contributed by atoms with Crippen LogP contribution in [0.15, 0.2) is 42.5 Å². The van der Waals surface area contributed by atoms with Gasteiger partial charge in [0, 0.05) is 36.2 Å². The zero-order valence-electron chi connectivity index (χ0n) is 21.6. The molecule has 1 saturated heterocycles. The first-order chi connectivity index (χ1) is 19.4. The van der Waals surface area contributed by atoms with E-state index in [1.807, 2.05) is 0 Å². The van der Waals surface area contributed by atoms with E-state index in [-0.39, 0.29) is 11.1 Å². The van der Waals surface area contributed by atoms with Crippen molar-refractivity contribution in [2.45, 2.75) is 49.3 Å². The van der Waals surface area contributed by atoms with E-state index in [1.54, 1.807) is 0 Å². The van der Waals surface area contributed by atoms with Crippen molar-refractivity contribution in [2.75, 3.05) is 20.3 Å². The molecular formula is C26H28ClF2N2O10-. The third-order valence-corrected chi connectivity index (χ3v) is 6.54. The molecule has 0 aromatic heterocycles. The standard InChI is InChI=1S/C26H29ClF2N2O10/c1-39-12-19(34)31-21-17(32)9-26(25(37)38,40-11-14-3-2-4-16(28)20(14)29)41-23(21)22(35)18(33)10-30-24(36)13-5-7-15(27)8-6-13/h2-8,17-18,21-23,32-33,35H,9-12H2,1H3,(H,30,36)(H,31,34)(H,37,38)/p-1/t17-,18-,21+,22+,23+,26-/m1/s1. The summed E-state index contributed by atoms with van der Waals surface area (Å²) in [5, 5.41) is 49.7. The number of carbonyl (C=O) groups excluding carboxylic acids is 3. The number of methoxy groups -OCH3 is 1. The van der Waals surface area contributed by atoms with Crippen molar-refractivity contribution < 1.29 is 57.8 Å². The smallest absolute Gasteiger partial charge is 0.251 e. The summed E-state index contributed by atoms with van der Waals surface area (Å²) in [4.78, 5) is 36.8. The molecule has 224 valence electrons. The van der Waals surface area contributed by atoms with E-state index in [2.05, 4.69) is 10.6 Å². The third kappa shape index (κ3) is 7.95. The lowest BCUT2D eigenvalue weighted by molar-refractivity contribution is -0.383. The Balaban J connectivity index is 1.83. The number of rotatable bonds is 12. The zero-order valence-corrected chi connectivity index (χ0v) is 22.3. The molecule has 12 nitrogen and oxygen atoms in total. The average molecular weight is 602 g/mol. The lowest BCUT2D eigenvalue weighted by Crippen LogP contribution is -2.70. The molecule has 3 rings (SSSR count). The molecule has 1 heterocycles. The monoisotopic (exact) mass is 601 g/mol. The van der Waals surface area contributed by atoms with Gasteiger partial charge >= 0.3 is 0 Å². The van der Waals surface area contributed by atoms with Crippen molar-refractivity contribution in [1.29, 1.82) is 0 Å². The highest BCUT2D eigenvalue weighted by atomic mass is 35.5. The summed E-state index contributed by atoms with van der Waals surface area (Å²) < 4.78 is 43.3. The molecule has 0 unspecified atom stereocenters. The molecular weight excluding hydrogens is 574 g/mol. The Labute approximate surface area is 237 Å². The largest absolute Gasteiger partial charge is 0.544 e. The van der Waals surface area contributed by atoms with Gasteiger partial charge in [0.15, 0.2) is 11.6 Å². The van der Waals surface area contributed by atoms with E-state index < -0.39 is 91.8 Å². The second-order valence-electron chi connectivity index (χ2n) is 9.20. The molecule has 2 aromatic rings. The van der Waals surface area contributed by atoms with Gasteiger partial charge in [0.25, 0.3) is 5.91 Å². The molecule has 41 heavy (non-hydrogen) atoms. The van der Waals surface area contributed by atoms with Crippen LogP contribution in [0.1, 0.15) is 22.3 Å². The van der Waals surface area contributed by atoms with E-state index >= 15 is 0 Å². The summed E-state index contributed by atoms with van der Waals surface area (Å²) in [7, 11) is 1.22. The molecule has 1 fully saturated rings. The molecule has 2 amide bonds. The number of halogens is 3. The summed E-state index contributed by atoms with van der Waals surface area (Å²) in [6.45, 7) is -1.91. The number of nitrogens with one attached hydrogen (secondary N) is 2. The zero-order chi connectivity index (χ0) is 30.3. The molecule has 1 aliphatic rings. The molecule has 6 atom stereocenters. The predicted molar refractivity (Wildman–Crippen MR) is 134 cm³/mol. The van der Waals surface area contributed by atoms with Gasteiger partial charge in [-0.05, 0) is 30.3 Å².